The Morgan fingerprint density at radius 2 is 2.40 bits per heavy atom. The molecule has 0 fully saturated rings. The van der Waals surface area contributed by atoms with E-state index in [0.717, 1.165) is 0 Å². The molecule has 0 unspecified atom stereocenters. The van der Waals surface area contributed by atoms with Crippen molar-refractivity contribution in [3.05, 3.63) is 11.8 Å². The summed E-state index contributed by atoms with van der Waals surface area (Å²) in [7, 11) is 0.0459. The van der Waals surface area contributed by atoms with Gasteiger partial charge < -0.3 is 0 Å². The van der Waals surface area contributed by atoms with E-state index >= 15 is 0 Å². The molecular weight excluding hydrogens is 144 g/mol. The fourth-order valence-electron chi connectivity index (χ4n) is 0.0891. The van der Waals surface area contributed by atoms with Crippen LogP contribution in [0.25, 0.3) is 0 Å². The Hall–Kier alpha value is 0.437. The van der Waals surface area contributed by atoms with E-state index < -0.39 is 0 Å². The van der Waals surface area contributed by atoms with E-state index in [1.54, 1.807) is 0 Å². The Kier molecular flexibility index (Phi) is 4.82. The van der Waals surface area contributed by atoms with Gasteiger partial charge in [-0.2, -0.15) is 0 Å². The van der Waals surface area contributed by atoms with Crippen LogP contribution in [0.15, 0.2) is 11.8 Å². The highest BCUT2D eigenvalue weighted by atomic mass is 79.9. The Bertz CT molecular complexity index is 33.9. The monoisotopic (exact) mass is 150 g/mol. The number of hydrogen-bond donors (Lipinski definition) is 0. The topological polar surface area (TPSA) is 0 Å². The molecule has 0 N–H and O–H groups in total. The van der Waals surface area contributed by atoms with Crippen LogP contribution in [0.2, 0.25) is 0 Å². The molecule has 0 aliphatic carbocycles. The molecule has 0 heterocycles. The number of allylic oxidation sites excluding steroid dienone is 1. The summed E-state index contributed by atoms with van der Waals surface area (Å²) in [5, 5.41) is 0. The van der Waals surface area contributed by atoms with Gasteiger partial charge in [0.25, 0.3) is 0 Å². The second-order valence-electron chi connectivity index (χ2n) is 0.723. The van der Waals surface area contributed by atoms with Crippen molar-refractivity contribution in [2.24, 2.45) is 0 Å². The van der Waals surface area contributed by atoms with Crippen molar-refractivity contribution in [1.82, 2.24) is 0 Å². The molecule has 0 rings (SSSR count). The van der Waals surface area contributed by atoms with E-state index in [0.29, 0.717) is 0 Å². The Morgan fingerprint density at radius 3 is 2.40 bits per heavy atom. The highest BCUT2D eigenvalue weighted by Gasteiger charge is 1.56. The zero-order valence-electron chi connectivity index (χ0n) is 3.24. The normalized spacial score (nSPS) is 12.4. The van der Waals surface area contributed by atoms with E-state index in [-0.39, 0.29) is 8.14 Å². The zero-order valence-corrected chi connectivity index (χ0v) is 6.24. The fraction of sp³-hybridized carbons (Fsp3) is 0.333. The summed E-state index contributed by atoms with van der Waals surface area (Å²) in [6, 6.07) is 0. The molecule has 0 amide bonds. The van der Waals surface area contributed by atoms with Crippen LogP contribution in [0.4, 0.5) is 0 Å². The van der Waals surface area contributed by atoms with Gasteiger partial charge in [0.15, 0.2) is 0 Å². The fourth-order valence-corrected chi connectivity index (χ4v) is 1.39. The first-order valence-corrected chi connectivity index (χ1v) is 6.30. The van der Waals surface area contributed by atoms with E-state index in [4.69, 9.17) is 0 Å². The summed E-state index contributed by atoms with van der Waals surface area (Å²) in [5.74, 6) is 0. The van der Waals surface area contributed by atoms with Gasteiger partial charge in [-0.15, -0.1) is 15.3 Å². The van der Waals surface area contributed by atoms with Crippen LogP contribution in [0.1, 0.15) is 6.92 Å². The van der Waals surface area contributed by atoms with Crippen LogP contribution in [0.5, 0.6) is 0 Å². The third-order valence-electron chi connectivity index (χ3n) is 0.325. The molecule has 0 saturated carbocycles. The molecule has 0 nitrogen and oxygen atoms in total. The van der Waals surface area contributed by atoms with Crippen molar-refractivity contribution >= 4 is 23.4 Å². The SMILES string of the molecule is CC=C[SiH2]Br. The molecule has 2 heteroatoms. The van der Waals surface area contributed by atoms with Crippen LogP contribution >= 0.6 is 15.3 Å². The van der Waals surface area contributed by atoms with Gasteiger partial charge in [-0.25, -0.2) is 0 Å². The van der Waals surface area contributed by atoms with Gasteiger partial charge in [-0.05, 0) is 6.92 Å². The molecule has 0 aliphatic rings. The average Bonchev–Trinajstić information content (AvgIpc) is 1.41. The van der Waals surface area contributed by atoms with Crippen molar-refractivity contribution in [3.8, 4) is 0 Å². The van der Waals surface area contributed by atoms with Gasteiger partial charge in [0, 0.05) is 0 Å². The highest BCUT2D eigenvalue weighted by molar-refractivity contribution is 9.23. The van der Waals surface area contributed by atoms with E-state index in [2.05, 4.69) is 27.1 Å². The lowest BCUT2D eigenvalue weighted by atomic mass is 10.8. The van der Waals surface area contributed by atoms with E-state index in [1.807, 2.05) is 6.92 Å². The summed E-state index contributed by atoms with van der Waals surface area (Å²) < 4.78 is 0. The molecule has 5 heavy (non-hydrogen) atoms. The number of hydrogen-bond acceptors (Lipinski definition) is 0. The molecule has 0 aromatic carbocycles. The first-order valence-electron chi connectivity index (χ1n) is 1.59. The molecule has 30 valence electrons. The van der Waals surface area contributed by atoms with Crippen LogP contribution in [-0.4, -0.2) is 8.14 Å². The van der Waals surface area contributed by atoms with Crippen LogP contribution in [0, 0.1) is 0 Å². The summed E-state index contributed by atoms with van der Waals surface area (Å²) in [6.07, 6.45) is 2.07. The van der Waals surface area contributed by atoms with Crippen LogP contribution < -0.4 is 0 Å². The molecule has 0 spiro atoms. The molecule has 0 saturated heterocycles. The van der Waals surface area contributed by atoms with Gasteiger partial charge in [0.2, 0.25) is 0 Å². The largest absolute Gasteiger partial charge is 0.130 e. The lowest BCUT2D eigenvalue weighted by Gasteiger charge is -1.61. The Balaban J connectivity index is 2.62. The summed E-state index contributed by atoms with van der Waals surface area (Å²) in [4.78, 5) is 0. The molecule has 0 radical (unpaired) electrons. The maximum absolute atomic E-state index is 3.36. The predicted molar refractivity (Wildman–Crippen MR) is 32.3 cm³/mol. The van der Waals surface area contributed by atoms with Crippen molar-refractivity contribution < 1.29 is 0 Å². The van der Waals surface area contributed by atoms with Crippen LogP contribution in [0.3, 0.4) is 0 Å². The maximum Gasteiger partial charge on any atom is 0.121 e. The minimum atomic E-state index is 0.0459. The molecule has 0 aliphatic heterocycles. The molecule has 0 aromatic rings. The van der Waals surface area contributed by atoms with Crippen molar-refractivity contribution in [3.63, 3.8) is 0 Å². The average molecular weight is 151 g/mol. The summed E-state index contributed by atoms with van der Waals surface area (Å²) >= 11 is 3.36. The summed E-state index contributed by atoms with van der Waals surface area (Å²) in [5.41, 5.74) is 2.18. The number of halogens is 1. The molecule has 0 aromatic heterocycles. The number of rotatable bonds is 1. The van der Waals surface area contributed by atoms with E-state index in [1.165, 1.54) is 0 Å². The minimum Gasteiger partial charge on any atom is -0.130 e. The minimum absolute atomic E-state index is 0.0459. The molecule has 0 bridgehead atoms. The smallest absolute Gasteiger partial charge is 0.121 e. The second-order valence-corrected chi connectivity index (χ2v) is 3.45. The lowest BCUT2D eigenvalue weighted by molar-refractivity contribution is 1.78. The second kappa shape index (κ2) is 4.44. The third kappa shape index (κ3) is 4.44. The first kappa shape index (κ1) is 5.44. The Morgan fingerprint density at radius 1 is 1.80 bits per heavy atom. The summed E-state index contributed by atoms with van der Waals surface area (Å²) in [6.45, 7) is 2.04. The predicted octanol–water partition coefficient (Wildman–Crippen LogP) is 0.999. The quantitative estimate of drug-likeness (QED) is 0.387. The standard InChI is InChI=1S/C3H7BrSi/c1-2-3-5-4/h2-3H,5H2,1H3. The van der Waals surface area contributed by atoms with Crippen molar-refractivity contribution in [2.75, 3.05) is 0 Å². The highest BCUT2D eigenvalue weighted by Crippen LogP contribution is 1.73. The van der Waals surface area contributed by atoms with Gasteiger partial charge in [-0.1, -0.05) is 11.8 Å². The lowest BCUT2D eigenvalue weighted by Crippen LogP contribution is -1.57. The maximum atomic E-state index is 3.36. The van der Waals surface area contributed by atoms with E-state index in [9.17, 15) is 0 Å². The third-order valence-corrected chi connectivity index (χ3v) is 2.10. The van der Waals surface area contributed by atoms with Gasteiger partial charge in [-0.3, -0.25) is 0 Å². The van der Waals surface area contributed by atoms with Gasteiger partial charge >= 0.3 is 0 Å². The zero-order chi connectivity index (χ0) is 4.12. The Labute approximate surface area is 42.7 Å². The van der Waals surface area contributed by atoms with Crippen LogP contribution in [-0.2, 0) is 0 Å². The van der Waals surface area contributed by atoms with Gasteiger partial charge in [0.1, 0.15) is 8.14 Å². The first-order chi connectivity index (χ1) is 2.41. The molecule has 0 atom stereocenters. The van der Waals surface area contributed by atoms with Crippen molar-refractivity contribution in [1.29, 1.82) is 0 Å². The van der Waals surface area contributed by atoms with Crippen molar-refractivity contribution in [2.45, 2.75) is 6.92 Å². The molecular formula is C3H7BrSi. The van der Waals surface area contributed by atoms with Gasteiger partial charge in [0.05, 0.1) is 0 Å².